The predicted octanol–water partition coefficient (Wildman–Crippen LogP) is -1.62. The first kappa shape index (κ1) is 16.7. The Hall–Kier alpha value is -1.67. The molecule has 0 spiro atoms. The van der Waals surface area contributed by atoms with E-state index in [2.05, 4.69) is 5.32 Å². The van der Waals surface area contributed by atoms with Crippen LogP contribution in [0, 0.1) is 0 Å². The van der Waals surface area contributed by atoms with Crippen LogP contribution in [-0.4, -0.2) is 71.9 Å². The molecule has 0 unspecified atom stereocenters. The van der Waals surface area contributed by atoms with Crippen LogP contribution in [0.1, 0.15) is 0 Å². The quantitative estimate of drug-likeness (QED) is 0.433. The molecule has 0 aromatic rings. The van der Waals surface area contributed by atoms with Gasteiger partial charge in [0.1, 0.15) is 0 Å². The van der Waals surface area contributed by atoms with Gasteiger partial charge in [-0.25, -0.2) is 0 Å². The zero-order valence-corrected chi connectivity index (χ0v) is 9.13. The standard InChI is InChI=1S/C5H9NO4.C3H7NO2/c1-6(2-4(7)8)3-5(9)10;1-4-2-3(5)6/h2-3H2,1H3,(H,7,8)(H,9,10);4H,2H2,1H3,(H,5,6). The summed E-state index contributed by atoms with van der Waals surface area (Å²) in [6, 6.07) is 0. The molecule has 0 aliphatic heterocycles. The third-order valence-electron chi connectivity index (χ3n) is 1.14. The van der Waals surface area contributed by atoms with E-state index in [1.165, 1.54) is 11.9 Å². The van der Waals surface area contributed by atoms with Crippen LogP contribution < -0.4 is 5.32 Å². The van der Waals surface area contributed by atoms with E-state index in [0.717, 1.165) is 0 Å². The molecule has 0 saturated carbocycles. The lowest BCUT2D eigenvalue weighted by molar-refractivity contribution is -0.141. The Balaban J connectivity index is 0. The van der Waals surface area contributed by atoms with Crippen molar-refractivity contribution in [3.63, 3.8) is 0 Å². The van der Waals surface area contributed by atoms with E-state index < -0.39 is 17.9 Å². The Kier molecular flexibility index (Phi) is 10.3. The van der Waals surface area contributed by atoms with E-state index in [1.807, 2.05) is 0 Å². The van der Waals surface area contributed by atoms with Crippen molar-refractivity contribution < 1.29 is 29.7 Å². The molecule has 8 heteroatoms. The van der Waals surface area contributed by atoms with Gasteiger partial charge in [-0.05, 0) is 14.1 Å². The van der Waals surface area contributed by atoms with Crippen molar-refractivity contribution in [3.05, 3.63) is 0 Å². The van der Waals surface area contributed by atoms with Crippen LogP contribution >= 0.6 is 0 Å². The zero-order chi connectivity index (χ0) is 13.1. The Morgan fingerprint density at radius 1 is 1.00 bits per heavy atom. The number of likely N-dealkylation sites (N-methyl/N-ethyl adjacent to an activating group) is 2. The first-order valence-corrected chi connectivity index (χ1v) is 4.28. The second kappa shape index (κ2) is 9.87. The highest BCUT2D eigenvalue weighted by molar-refractivity contribution is 5.72. The first-order chi connectivity index (χ1) is 7.29. The maximum absolute atomic E-state index is 9.96. The third kappa shape index (κ3) is 18.2. The van der Waals surface area contributed by atoms with Crippen LogP contribution in [0.2, 0.25) is 0 Å². The van der Waals surface area contributed by atoms with Crippen LogP contribution in [0.25, 0.3) is 0 Å². The number of nitrogens with zero attached hydrogens (tertiary/aromatic N) is 1. The SMILES string of the molecule is CN(CC(=O)O)CC(=O)O.CNCC(=O)O. The van der Waals surface area contributed by atoms with Crippen molar-refractivity contribution in [2.45, 2.75) is 0 Å². The molecule has 4 N–H and O–H groups in total. The lowest BCUT2D eigenvalue weighted by Gasteiger charge is -2.08. The minimum absolute atomic E-state index is 0.0417. The van der Waals surface area contributed by atoms with Gasteiger partial charge in [0.2, 0.25) is 0 Å². The minimum Gasteiger partial charge on any atom is -0.480 e. The molecule has 0 aliphatic rings. The molecule has 0 aromatic carbocycles. The summed E-state index contributed by atoms with van der Waals surface area (Å²) in [5, 5.41) is 26.6. The maximum Gasteiger partial charge on any atom is 0.317 e. The van der Waals surface area contributed by atoms with Crippen molar-refractivity contribution in [3.8, 4) is 0 Å². The van der Waals surface area contributed by atoms with Gasteiger partial charge >= 0.3 is 17.9 Å². The summed E-state index contributed by atoms with van der Waals surface area (Å²) in [6.45, 7) is -0.446. The molecular formula is C8H16N2O6. The molecular weight excluding hydrogens is 220 g/mol. The van der Waals surface area contributed by atoms with E-state index in [-0.39, 0.29) is 19.6 Å². The molecule has 0 rings (SSSR count). The normalized spacial score (nSPS) is 9.19. The average molecular weight is 236 g/mol. The summed E-state index contributed by atoms with van der Waals surface area (Å²) in [5.41, 5.74) is 0. The van der Waals surface area contributed by atoms with Gasteiger partial charge in [0.05, 0.1) is 19.6 Å². The fourth-order valence-corrected chi connectivity index (χ4v) is 0.669. The highest BCUT2D eigenvalue weighted by Gasteiger charge is 2.06. The molecule has 16 heavy (non-hydrogen) atoms. The van der Waals surface area contributed by atoms with E-state index in [1.54, 1.807) is 7.05 Å². The number of rotatable bonds is 6. The van der Waals surface area contributed by atoms with Gasteiger partial charge in [0.25, 0.3) is 0 Å². The van der Waals surface area contributed by atoms with Gasteiger partial charge in [-0.2, -0.15) is 0 Å². The van der Waals surface area contributed by atoms with Crippen LogP contribution in [0.15, 0.2) is 0 Å². The number of hydrogen-bond acceptors (Lipinski definition) is 5. The van der Waals surface area contributed by atoms with Crippen LogP contribution in [0.4, 0.5) is 0 Å². The summed E-state index contributed by atoms with van der Waals surface area (Å²) < 4.78 is 0. The summed E-state index contributed by atoms with van der Waals surface area (Å²) in [4.78, 5) is 30.6. The molecule has 0 aliphatic carbocycles. The smallest absolute Gasteiger partial charge is 0.317 e. The topological polar surface area (TPSA) is 127 Å². The molecule has 0 atom stereocenters. The van der Waals surface area contributed by atoms with Gasteiger partial charge in [0, 0.05) is 0 Å². The second-order valence-electron chi connectivity index (χ2n) is 2.88. The number of carboxylic acids is 3. The van der Waals surface area contributed by atoms with Gasteiger partial charge in [0.15, 0.2) is 0 Å². The van der Waals surface area contributed by atoms with Crippen LogP contribution in [0.5, 0.6) is 0 Å². The molecule has 8 nitrogen and oxygen atoms in total. The highest BCUT2D eigenvalue weighted by Crippen LogP contribution is 1.80. The summed E-state index contributed by atoms with van der Waals surface area (Å²) in [7, 11) is 3.02. The Labute approximate surface area is 92.5 Å². The number of carboxylic acid groups (broad SMARTS) is 3. The lowest BCUT2D eigenvalue weighted by Crippen LogP contribution is -2.30. The van der Waals surface area contributed by atoms with Crippen molar-refractivity contribution >= 4 is 17.9 Å². The molecule has 0 aromatic heterocycles. The molecule has 0 bridgehead atoms. The zero-order valence-electron chi connectivity index (χ0n) is 9.13. The average Bonchev–Trinajstić information content (AvgIpc) is 2.00. The monoisotopic (exact) mass is 236 g/mol. The maximum atomic E-state index is 9.96. The van der Waals surface area contributed by atoms with Crippen molar-refractivity contribution in [2.24, 2.45) is 0 Å². The molecule has 0 amide bonds. The summed E-state index contributed by atoms with van der Waals surface area (Å²) >= 11 is 0. The first-order valence-electron chi connectivity index (χ1n) is 4.28. The largest absolute Gasteiger partial charge is 0.480 e. The second-order valence-corrected chi connectivity index (χ2v) is 2.88. The fourth-order valence-electron chi connectivity index (χ4n) is 0.669. The molecule has 0 fully saturated rings. The number of carbonyl (C=O) groups is 3. The molecule has 94 valence electrons. The van der Waals surface area contributed by atoms with Crippen LogP contribution in [0.3, 0.4) is 0 Å². The van der Waals surface area contributed by atoms with Crippen LogP contribution in [-0.2, 0) is 14.4 Å². The summed E-state index contributed by atoms with van der Waals surface area (Å²) in [6.07, 6.45) is 0. The Bertz CT molecular complexity index is 227. The highest BCUT2D eigenvalue weighted by atomic mass is 16.4. The number of hydrogen-bond donors (Lipinski definition) is 4. The molecule has 0 heterocycles. The molecule has 0 saturated heterocycles. The van der Waals surface area contributed by atoms with Gasteiger partial charge < -0.3 is 20.6 Å². The van der Waals surface area contributed by atoms with E-state index in [0.29, 0.717) is 0 Å². The Morgan fingerprint density at radius 3 is 1.50 bits per heavy atom. The van der Waals surface area contributed by atoms with E-state index >= 15 is 0 Å². The Morgan fingerprint density at radius 2 is 1.38 bits per heavy atom. The van der Waals surface area contributed by atoms with Crippen molar-refractivity contribution in [2.75, 3.05) is 33.7 Å². The fraction of sp³-hybridized carbons (Fsp3) is 0.625. The van der Waals surface area contributed by atoms with Gasteiger partial charge in [-0.1, -0.05) is 0 Å². The minimum atomic E-state index is -1.02. The molecule has 0 radical (unpaired) electrons. The van der Waals surface area contributed by atoms with E-state index in [4.69, 9.17) is 15.3 Å². The third-order valence-corrected chi connectivity index (χ3v) is 1.14. The number of nitrogens with one attached hydrogen (secondary N) is 1. The summed E-state index contributed by atoms with van der Waals surface area (Å²) in [5.74, 6) is -2.87. The van der Waals surface area contributed by atoms with Crippen molar-refractivity contribution in [1.82, 2.24) is 10.2 Å². The number of aliphatic carboxylic acids is 3. The lowest BCUT2D eigenvalue weighted by atomic mass is 10.5. The van der Waals surface area contributed by atoms with Crippen molar-refractivity contribution in [1.29, 1.82) is 0 Å². The predicted molar refractivity (Wildman–Crippen MR) is 54.3 cm³/mol. The van der Waals surface area contributed by atoms with Gasteiger partial charge in [-0.15, -0.1) is 0 Å². The van der Waals surface area contributed by atoms with E-state index in [9.17, 15) is 14.4 Å². The van der Waals surface area contributed by atoms with Gasteiger partial charge in [-0.3, -0.25) is 19.3 Å².